The van der Waals surface area contributed by atoms with Crippen LogP contribution in [0.5, 0.6) is 11.5 Å². The van der Waals surface area contributed by atoms with E-state index in [9.17, 15) is 27.3 Å². The van der Waals surface area contributed by atoms with E-state index in [4.69, 9.17) is 20.3 Å². The number of amides is 1. The molecule has 0 fully saturated rings. The first-order chi connectivity index (χ1) is 15.6. The standard InChI is InChI=1S/C15H17F2NO3.C7H10FNO2S2/c1-7(2)12-10(6-11(18)19)8-4-3-5-9(8)13-14(12)21-15(16,17)20-13;1-7(2,10)5-3-4(8)6(12-5)13(9)11/h7H,3-6H2,1-2H3,(H2,18,19);3,10H,9H2,1-2H3. The number of thiophene rings is 1. The quantitative estimate of drug-likeness (QED) is 0.554. The second-order valence-electron chi connectivity index (χ2n) is 8.93. The molecule has 34 heavy (non-hydrogen) atoms. The minimum Gasteiger partial charge on any atom is -0.395 e. The molecule has 0 radical (unpaired) electrons. The summed E-state index contributed by atoms with van der Waals surface area (Å²) in [6, 6.07) is 1.16. The number of fused-ring (bicyclic) bond motifs is 3. The molecule has 7 nitrogen and oxygen atoms in total. The molecule has 2 heterocycles. The predicted molar refractivity (Wildman–Crippen MR) is 122 cm³/mol. The lowest BCUT2D eigenvalue weighted by Gasteiger charge is -2.19. The van der Waals surface area contributed by atoms with Crippen LogP contribution >= 0.6 is 11.3 Å². The van der Waals surface area contributed by atoms with Gasteiger partial charge in [-0.1, -0.05) is 13.8 Å². The van der Waals surface area contributed by atoms with Crippen molar-refractivity contribution < 1.29 is 36.8 Å². The maximum atomic E-state index is 13.5. The Kier molecular flexibility index (Phi) is 7.38. The number of benzene rings is 1. The molecule has 0 spiro atoms. The summed E-state index contributed by atoms with van der Waals surface area (Å²) in [4.78, 5) is 11.8. The Morgan fingerprint density at radius 3 is 2.32 bits per heavy atom. The molecule has 2 aliphatic rings. The molecule has 1 unspecified atom stereocenters. The summed E-state index contributed by atoms with van der Waals surface area (Å²) in [6.45, 7) is 6.81. The molecule has 188 valence electrons. The molecular weight excluding hydrogens is 493 g/mol. The Balaban J connectivity index is 0.000000215. The SMILES string of the molecule is CC(C)(O)c1cc(F)c(S(N)=O)s1.CC(C)c1c(CC(N)=O)c2c(c3c1OC(F)(F)O3)CCC2. The zero-order valence-corrected chi connectivity index (χ0v) is 20.8. The summed E-state index contributed by atoms with van der Waals surface area (Å²) in [5.74, 6) is -0.951. The van der Waals surface area contributed by atoms with E-state index in [1.54, 1.807) is 0 Å². The van der Waals surface area contributed by atoms with E-state index in [1.165, 1.54) is 13.8 Å². The van der Waals surface area contributed by atoms with Crippen LogP contribution in [0.4, 0.5) is 13.2 Å². The van der Waals surface area contributed by atoms with Crippen molar-refractivity contribution in [2.75, 3.05) is 0 Å². The number of primary amides is 1. The van der Waals surface area contributed by atoms with Crippen LogP contribution in [0.2, 0.25) is 0 Å². The molecule has 5 N–H and O–H groups in total. The van der Waals surface area contributed by atoms with Crippen molar-refractivity contribution >= 4 is 28.2 Å². The van der Waals surface area contributed by atoms with Gasteiger partial charge in [0.25, 0.3) is 0 Å². The fourth-order valence-electron chi connectivity index (χ4n) is 4.13. The lowest BCUT2D eigenvalue weighted by molar-refractivity contribution is -0.287. The number of halogens is 3. The van der Waals surface area contributed by atoms with Gasteiger partial charge in [0, 0.05) is 16.0 Å². The highest BCUT2D eigenvalue weighted by molar-refractivity contribution is 7.85. The average molecular weight is 521 g/mol. The second kappa shape index (κ2) is 9.48. The van der Waals surface area contributed by atoms with Gasteiger partial charge in [-0.3, -0.25) is 4.79 Å². The Labute approximate surface area is 201 Å². The van der Waals surface area contributed by atoms with Crippen LogP contribution < -0.4 is 20.3 Å². The topological polar surface area (TPSA) is 125 Å². The molecular formula is C22H27F3N2O5S2. The van der Waals surface area contributed by atoms with Crippen molar-refractivity contribution in [2.45, 2.75) is 75.4 Å². The minimum atomic E-state index is -3.65. The van der Waals surface area contributed by atoms with Gasteiger partial charge in [0.05, 0.1) is 12.0 Å². The van der Waals surface area contributed by atoms with Crippen molar-refractivity contribution in [3.05, 3.63) is 39.0 Å². The Bertz CT molecular complexity index is 1140. The van der Waals surface area contributed by atoms with Gasteiger partial charge < -0.3 is 20.3 Å². The van der Waals surface area contributed by atoms with Crippen LogP contribution in [-0.2, 0) is 40.6 Å². The fraction of sp³-hybridized carbons (Fsp3) is 0.500. The van der Waals surface area contributed by atoms with Gasteiger partial charge in [0.2, 0.25) is 5.91 Å². The predicted octanol–water partition coefficient (Wildman–Crippen LogP) is 3.74. The van der Waals surface area contributed by atoms with E-state index in [0.29, 0.717) is 16.9 Å². The van der Waals surface area contributed by atoms with Gasteiger partial charge in [-0.25, -0.2) is 13.7 Å². The normalized spacial score (nSPS) is 16.8. The molecule has 12 heteroatoms. The Hall–Kier alpha value is -2.15. The van der Waals surface area contributed by atoms with Crippen molar-refractivity contribution in [2.24, 2.45) is 10.9 Å². The number of carbonyl (C=O) groups is 1. The van der Waals surface area contributed by atoms with E-state index >= 15 is 0 Å². The van der Waals surface area contributed by atoms with E-state index < -0.39 is 34.6 Å². The zero-order valence-electron chi connectivity index (χ0n) is 19.2. The largest absolute Gasteiger partial charge is 0.586 e. The zero-order chi connectivity index (χ0) is 25.6. The summed E-state index contributed by atoms with van der Waals surface area (Å²) in [7, 11) is -1.82. The number of rotatable bonds is 5. The van der Waals surface area contributed by atoms with Crippen molar-refractivity contribution in [1.82, 2.24) is 0 Å². The van der Waals surface area contributed by atoms with E-state index in [-0.39, 0.29) is 28.0 Å². The van der Waals surface area contributed by atoms with Crippen LogP contribution in [0.15, 0.2) is 10.3 Å². The van der Waals surface area contributed by atoms with E-state index in [1.807, 2.05) is 13.8 Å². The molecule has 0 bridgehead atoms. The lowest BCUT2D eigenvalue weighted by atomic mass is 9.87. The van der Waals surface area contributed by atoms with Crippen molar-refractivity contribution in [1.29, 1.82) is 0 Å². The minimum absolute atomic E-state index is 0.0304. The van der Waals surface area contributed by atoms with Gasteiger partial charge in [0.1, 0.15) is 15.2 Å². The van der Waals surface area contributed by atoms with Crippen LogP contribution in [0.3, 0.4) is 0 Å². The molecule has 1 aromatic carbocycles. The highest BCUT2D eigenvalue weighted by Gasteiger charge is 2.48. The summed E-state index contributed by atoms with van der Waals surface area (Å²) in [5.41, 5.74) is 7.23. The maximum Gasteiger partial charge on any atom is 0.586 e. The number of ether oxygens (including phenoxy) is 2. The lowest BCUT2D eigenvalue weighted by Crippen LogP contribution is -2.26. The molecule has 2 aromatic rings. The van der Waals surface area contributed by atoms with Gasteiger partial charge in [-0.15, -0.1) is 20.1 Å². The van der Waals surface area contributed by atoms with Gasteiger partial charge in [0.15, 0.2) is 17.3 Å². The third-order valence-electron chi connectivity index (χ3n) is 5.44. The van der Waals surface area contributed by atoms with Crippen LogP contribution in [0.25, 0.3) is 0 Å². The summed E-state index contributed by atoms with van der Waals surface area (Å²) < 4.78 is 60.2. The monoisotopic (exact) mass is 520 g/mol. The first kappa shape index (κ1) is 26.5. The van der Waals surface area contributed by atoms with Crippen LogP contribution in [0.1, 0.15) is 67.2 Å². The molecule has 1 aliphatic heterocycles. The third kappa shape index (κ3) is 5.40. The number of hydrogen-bond acceptors (Lipinski definition) is 6. The van der Waals surface area contributed by atoms with E-state index in [2.05, 4.69) is 0 Å². The average Bonchev–Trinajstić information content (AvgIpc) is 3.36. The van der Waals surface area contributed by atoms with Gasteiger partial charge in [-0.2, -0.15) is 0 Å². The number of carbonyl (C=O) groups excluding carboxylic acids is 1. The smallest absolute Gasteiger partial charge is 0.395 e. The summed E-state index contributed by atoms with van der Waals surface area (Å²) in [5, 5.41) is 14.5. The van der Waals surface area contributed by atoms with E-state index in [0.717, 1.165) is 46.9 Å². The van der Waals surface area contributed by atoms with Gasteiger partial charge >= 0.3 is 6.29 Å². The highest BCUT2D eigenvalue weighted by atomic mass is 32.2. The summed E-state index contributed by atoms with van der Waals surface area (Å²) >= 11 is 0.924. The Morgan fingerprint density at radius 2 is 1.85 bits per heavy atom. The maximum absolute atomic E-state index is 13.5. The molecule has 1 atom stereocenters. The van der Waals surface area contributed by atoms with Crippen LogP contribution in [0, 0.1) is 5.82 Å². The molecule has 1 aromatic heterocycles. The fourth-order valence-corrected chi connectivity index (χ4v) is 5.75. The van der Waals surface area contributed by atoms with Crippen molar-refractivity contribution in [3.8, 4) is 11.5 Å². The number of aliphatic hydroxyl groups is 1. The van der Waals surface area contributed by atoms with Crippen LogP contribution in [-0.4, -0.2) is 21.5 Å². The molecule has 1 aliphatic carbocycles. The number of nitrogens with two attached hydrogens (primary N) is 2. The second-order valence-corrected chi connectivity index (χ2v) is 11.2. The molecule has 4 rings (SSSR count). The molecule has 1 amide bonds. The van der Waals surface area contributed by atoms with Crippen molar-refractivity contribution in [3.63, 3.8) is 0 Å². The third-order valence-corrected chi connectivity index (χ3v) is 7.96. The van der Waals surface area contributed by atoms with Gasteiger partial charge in [-0.05, 0) is 56.2 Å². The highest BCUT2D eigenvalue weighted by Crippen LogP contribution is 2.53. The number of alkyl halides is 2. The summed E-state index contributed by atoms with van der Waals surface area (Å²) in [6.07, 6.45) is -1.35. The molecule has 0 saturated heterocycles. The Morgan fingerprint density at radius 1 is 1.26 bits per heavy atom. The first-order valence-corrected chi connectivity index (χ1v) is 12.6. The number of hydrogen-bond donors (Lipinski definition) is 3. The molecule has 0 saturated carbocycles. The first-order valence-electron chi connectivity index (χ1n) is 10.5.